The summed E-state index contributed by atoms with van der Waals surface area (Å²) >= 11 is 5.89. The molecule has 3 nitrogen and oxygen atoms in total. The van der Waals surface area contributed by atoms with Crippen LogP contribution in [-0.2, 0) is 4.74 Å². The summed E-state index contributed by atoms with van der Waals surface area (Å²) in [7, 11) is 0. The fraction of sp³-hybridized carbons (Fsp3) is 0.500. The van der Waals surface area contributed by atoms with Gasteiger partial charge >= 0.3 is 5.97 Å². The van der Waals surface area contributed by atoms with E-state index in [1.54, 1.807) is 18.2 Å². The van der Waals surface area contributed by atoms with Crippen molar-refractivity contribution in [1.82, 2.24) is 0 Å². The van der Waals surface area contributed by atoms with Crippen LogP contribution in [0.2, 0.25) is 5.02 Å². The van der Waals surface area contributed by atoms with Gasteiger partial charge in [0.15, 0.2) is 0 Å². The number of nitrogen functional groups attached to an aromatic ring is 1. The molecule has 0 aliphatic heterocycles. The highest BCUT2D eigenvalue weighted by Gasteiger charge is 2.22. The third kappa shape index (κ3) is 3.16. The molecule has 0 amide bonds. The van der Waals surface area contributed by atoms with Crippen molar-refractivity contribution in [2.24, 2.45) is 5.92 Å². The van der Waals surface area contributed by atoms with Gasteiger partial charge in [0.05, 0.1) is 16.3 Å². The number of ether oxygens (including phenoxy) is 1. The largest absolute Gasteiger partial charge is 0.459 e. The summed E-state index contributed by atoms with van der Waals surface area (Å²) in [5, 5.41) is 0.390. The average Bonchev–Trinajstić information content (AvgIpc) is 2.35. The molecule has 0 saturated heterocycles. The second-order valence-corrected chi connectivity index (χ2v) is 5.43. The summed E-state index contributed by atoms with van der Waals surface area (Å²) in [4.78, 5) is 11.9. The van der Waals surface area contributed by atoms with Crippen molar-refractivity contribution < 1.29 is 9.53 Å². The predicted octanol–water partition coefficient (Wildman–Crippen LogP) is 3.66. The third-order valence-electron chi connectivity index (χ3n) is 3.47. The molecule has 0 radical (unpaired) electrons. The topological polar surface area (TPSA) is 52.3 Å². The van der Waals surface area contributed by atoms with E-state index in [2.05, 4.69) is 6.92 Å². The smallest absolute Gasteiger partial charge is 0.338 e. The molecule has 1 aliphatic rings. The number of hydrogen-bond acceptors (Lipinski definition) is 3. The molecular weight excluding hydrogens is 250 g/mol. The number of rotatable bonds is 2. The highest BCUT2D eigenvalue weighted by molar-refractivity contribution is 6.33. The maximum atomic E-state index is 11.9. The number of carbonyl (C=O) groups excluding carboxylic acids is 1. The predicted molar refractivity (Wildman–Crippen MR) is 72.7 cm³/mol. The van der Waals surface area contributed by atoms with E-state index in [1.807, 2.05) is 0 Å². The Morgan fingerprint density at radius 1 is 1.33 bits per heavy atom. The zero-order valence-electron chi connectivity index (χ0n) is 10.5. The highest BCUT2D eigenvalue weighted by atomic mass is 35.5. The van der Waals surface area contributed by atoms with Gasteiger partial charge in [-0.2, -0.15) is 0 Å². The van der Waals surface area contributed by atoms with E-state index >= 15 is 0 Å². The van der Waals surface area contributed by atoms with Crippen LogP contribution in [0.15, 0.2) is 18.2 Å². The van der Waals surface area contributed by atoms with Gasteiger partial charge in [-0.15, -0.1) is 0 Å². The van der Waals surface area contributed by atoms with Gasteiger partial charge in [-0.25, -0.2) is 4.79 Å². The Morgan fingerprint density at radius 2 is 2.00 bits per heavy atom. The second-order valence-electron chi connectivity index (χ2n) is 5.02. The minimum Gasteiger partial charge on any atom is -0.459 e. The number of hydrogen-bond donors (Lipinski definition) is 1. The van der Waals surface area contributed by atoms with Crippen LogP contribution in [0.25, 0.3) is 0 Å². The lowest BCUT2D eigenvalue weighted by molar-refractivity contribution is 0.0174. The third-order valence-corrected chi connectivity index (χ3v) is 3.80. The first-order chi connectivity index (χ1) is 8.56. The number of nitrogens with two attached hydrogens (primary N) is 1. The second kappa shape index (κ2) is 5.61. The molecule has 0 unspecified atom stereocenters. The fourth-order valence-electron chi connectivity index (χ4n) is 2.22. The number of halogens is 1. The van der Waals surface area contributed by atoms with Gasteiger partial charge in [-0.05, 0) is 49.8 Å². The van der Waals surface area contributed by atoms with Crippen molar-refractivity contribution in [3.63, 3.8) is 0 Å². The molecule has 0 atom stereocenters. The van der Waals surface area contributed by atoms with Gasteiger partial charge in [0.1, 0.15) is 6.10 Å². The van der Waals surface area contributed by atoms with Gasteiger partial charge in [0.25, 0.3) is 0 Å². The molecule has 4 heteroatoms. The molecule has 0 bridgehead atoms. The molecule has 1 aromatic rings. The molecule has 0 spiro atoms. The Labute approximate surface area is 112 Å². The maximum Gasteiger partial charge on any atom is 0.338 e. The van der Waals surface area contributed by atoms with Crippen molar-refractivity contribution in [2.45, 2.75) is 38.7 Å². The van der Waals surface area contributed by atoms with Crippen LogP contribution >= 0.6 is 11.6 Å². The van der Waals surface area contributed by atoms with E-state index in [-0.39, 0.29) is 12.1 Å². The van der Waals surface area contributed by atoms with Crippen molar-refractivity contribution in [1.29, 1.82) is 0 Å². The first kappa shape index (κ1) is 13.2. The minimum absolute atomic E-state index is 0.0463. The van der Waals surface area contributed by atoms with Crippen LogP contribution in [0, 0.1) is 5.92 Å². The fourth-order valence-corrected chi connectivity index (χ4v) is 2.40. The van der Waals surface area contributed by atoms with Crippen LogP contribution in [0.3, 0.4) is 0 Å². The quantitative estimate of drug-likeness (QED) is 0.657. The Balaban J connectivity index is 1.97. The van der Waals surface area contributed by atoms with Crippen molar-refractivity contribution >= 4 is 23.3 Å². The van der Waals surface area contributed by atoms with Crippen LogP contribution in [0.5, 0.6) is 0 Å². The van der Waals surface area contributed by atoms with Gasteiger partial charge in [-0.3, -0.25) is 0 Å². The lowest BCUT2D eigenvalue weighted by Crippen LogP contribution is -2.23. The molecule has 1 fully saturated rings. The van der Waals surface area contributed by atoms with Crippen LogP contribution in [0.4, 0.5) is 5.69 Å². The number of anilines is 1. The van der Waals surface area contributed by atoms with E-state index in [4.69, 9.17) is 22.1 Å². The zero-order chi connectivity index (χ0) is 13.1. The van der Waals surface area contributed by atoms with Gasteiger partial charge < -0.3 is 10.5 Å². The van der Waals surface area contributed by atoms with Gasteiger partial charge in [0, 0.05) is 0 Å². The van der Waals surface area contributed by atoms with E-state index in [1.165, 1.54) is 0 Å². The van der Waals surface area contributed by atoms with Crippen molar-refractivity contribution in [3.05, 3.63) is 28.8 Å². The van der Waals surface area contributed by atoms with Gasteiger partial charge in [0.2, 0.25) is 0 Å². The van der Waals surface area contributed by atoms with E-state index in [9.17, 15) is 4.79 Å². The first-order valence-electron chi connectivity index (χ1n) is 6.32. The first-order valence-corrected chi connectivity index (χ1v) is 6.70. The Bertz CT molecular complexity index is 439. The standard InChI is InChI=1S/C14H18ClNO2/c1-9-2-5-11(6-3-9)18-14(17)10-4-7-13(16)12(15)8-10/h4,7-9,11H,2-3,5-6,16H2,1H3. The molecule has 2 rings (SSSR count). The number of benzene rings is 1. The average molecular weight is 268 g/mol. The van der Waals surface area contributed by atoms with Crippen molar-refractivity contribution in [2.75, 3.05) is 5.73 Å². The zero-order valence-corrected chi connectivity index (χ0v) is 11.2. The molecular formula is C14H18ClNO2. The summed E-state index contributed by atoms with van der Waals surface area (Å²) in [6.07, 6.45) is 4.21. The molecule has 1 aliphatic carbocycles. The normalized spacial score (nSPS) is 23.7. The Kier molecular flexibility index (Phi) is 4.12. The monoisotopic (exact) mass is 267 g/mol. The number of carbonyl (C=O) groups is 1. The summed E-state index contributed by atoms with van der Waals surface area (Å²) < 4.78 is 5.48. The van der Waals surface area contributed by atoms with Crippen LogP contribution in [0.1, 0.15) is 43.0 Å². The van der Waals surface area contributed by atoms with Crippen LogP contribution < -0.4 is 5.73 Å². The minimum atomic E-state index is -0.309. The lowest BCUT2D eigenvalue weighted by atomic mass is 9.89. The number of esters is 1. The lowest BCUT2D eigenvalue weighted by Gasteiger charge is -2.26. The van der Waals surface area contributed by atoms with Gasteiger partial charge in [-0.1, -0.05) is 18.5 Å². The molecule has 18 heavy (non-hydrogen) atoms. The van der Waals surface area contributed by atoms with E-state index < -0.39 is 0 Å². The summed E-state index contributed by atoms with van der Waals surface area (Å²) in [6, 6.07) is 4.83. The molecule has 2 N–H and O–H groups in total. The SMILES string of the molecule is CC1CCC(OC(=O)c2ccc(N)c(Cl)c2)CC1. The van der Waals surface area contributed by atoms with E-state index in [0.29, 0.717) is 16.3 Å². The Morgan fingerprint density at radius 3 is 2.61 bits per heavy atom. The maximum absolute atomic E-state index is 11.9. The summed E-state index contributed by atoms with van der Waals surface area (Å²) in [6.45, 7) is 2.23. The highest BCUT2D eigenvalue weighted by Crippen LogP contribution is 2.27. The molecule has 0 aromatic heterocycles. The molecule has 98 valence electrons. The molecule has 1 saturated carbocycles. The van der Waals surface area contributed by atoms with Crippen molar-refractivity contribution in [3.8, 4) is 0 Å². The molecule has 1 aromatic carbocycles. The van der Waals surface area contributed by atoms with Crippen LogP contribution in [-0.4, -0.2) is 12.1 Å². The molecule has 0 heterocycles. The Hall–Kier alpha value is -1.22. The summed E-state index contributed by atoms with van der Waals surface area (Å²) in [5.41, 5.74) is 6.54. The summed E-state index contributed by atoms with van der Waals surface area (Å²) in [5.74, 6) is 0.433. The van der Waals surface area contributed by atoms with E-state index in [0.717, 1.165) is 31.6 Å².